The maximum Gasteiger partial charge on any atom is 0.341 e. The Morgan fingerprint density at radius 3 is 2.93 bits per heavy atom. The number of ether oxygens (including phenoxy) is 1. The van der Waals surface area contributed by atoms with Crippen molar-refractivity contribution < 1.29 is 18.5 Å². The van der Waals surface area contributed by atoms with E-state index in [1.165, 1.54) is 13.2 Å². The first-order chi connectivity index (χ1) is 7.13. The zero-order valence-electron chi connectivity index (χ0n) is 7.85. The molecule has 0 saturated heterocycles. The minimum Gasteiger partial charge on any atom is -0.465 e. The topological polar surface area (TPSA) is 72.8 Å². The fourth-order valence-electron chi connectivity index (χ4n) is 1.37. The lowest BCUT2D eigenvalue weighted by Gasteiger charge is -2.08. The summed E-state index contributed by atoms with van der Waals surface area (Å²) in [4.78, 5) is 22.9. The molecule has 0 amide bonds. The third kappa shape index (κ3) is 1.56. The monoisotopic (exact) mass is 225 g/mol. The highest BCUT2D eigenvalue weighted by Gasteiger charge is 2.33. The summed E-state index contributed by atoms with van der Waals surface area (Å²) in [6.45, 7) is 0. The van der Waals surface area contributed by atoms with Crippen LogP contribution >= 0.6 is 0 Å². The fourth-order valence-corrected chi connectivity index (χ4v) is 2.33. The van der Waals surface area contributed by atoms with E-state index >= 15 is 0 Å². The van der Waals surface area contributed by atoms with Crippen molar-refractivity contribution in [1.82, 2.24) is 0 Å². The van der Waals surface area contributed by atoms with E-state index < -0.39 is 22.7 Å². The zero-order valence-corrected chi connectivity index (χ0v) is 8.67. The Bertz CT molecular complexity index is 473. The Hall–Kier alpha value is -1.56. The Morgan fingerprint density at radius 1 is 1.53 bits per heavy atom. The molecule has 6 heteroatoms. The molecule has 2 rings (SSSR count). The maximum atomic E-state index is 11.7. The van der Waals surface area contributed by atoms with Crippen LogP contribution in [0.15, 0.2) is 27.7 Å². The number of carbonyl (C=O) groups excluding carboxylic acids is 2. The normalized spacial score (nSPS) is 23.9. The number of fused-ring (bicyclic) bond motifs is 1. The number of carbonyl (C=O) groups is 2. The van der Waals surface area contributed by atoms with Crippen molar-refractivity contribution in [2.24, 2.45) is 4.40 Å². The number of ketones is 1. The van der Waals surface area contributed by atoms with Crippen LogP contribution in [0, 0.1) is 0 Å². The average molecular weight is 225 g/mol. The number of nitrogens with zero attached hydrogens (tertiary/aromatic N) is 1. The van der Waals surface area contributed by atoms with Gasteiger partial charge in [0.25, 0.3) is 0 Å². The lowest BCUT2D eigenvalue weighted by atomic mass is 9.96. The molecule has 0 fully saturated rings. The highest BCUT2D eigenvalue weighted by Crippen LogP contribution is 2.20. The van der Waals surface area contributed by atoms with Crippen molar-refractivity contribution in [1.29, 1.82) is 0 Å². The number of hydrogen-bond donors (Lipinski definition) is 0. The molecule has 0 radical (unpaired) electrons. The quantitative estimate of drug-likeness (QED) is 0.349. The molecule has 78 valence electrons. The summed E-state index contributed by atoms with van der Waals surface area (Å²) in [6, 6.07) is 0. The van der Waals surface area contributed by atoms with Crippen LogP contribution in [0.4, 0.5) is 0 Å². The first-order valence-electron chi connectivity index (χ1n) is 4.15. The van der Waals surface area contributed by atoms with E-state index in [0.717, 1.165) is 0 Å². The van der Waals surface area contributed by atoms with Crippen molar-refractivity contribution in [3.05, 3.63) is 23.3 Å². The first-order valence-corrected chi connectivity index (χ1v) is 5.42. The van der Waals surface area contributed by atoms with E-state index in [-0.39, 0.29) is 17.0 Å². The van der Waals surface area contributed by atoms with Gasteiger partial charge in [-0.3, -0.25) is 4.79 Å². The second-order valence-electron chi connectivity index (χ2n) is 3.00. The smallest absolute Gasteiger partial charge is 0.341 e. The molecule has 5 nitrogen and oxygen atoms in total. The summed E-state index contributed by atoms with van der Waals surface area (Å²) in [6.07, 6.45) is 2.96. The molecule has 0 aromatic rings. The van der Waals surface area contributed by atoms with E-state index in [4.69, 9.17) is 0 Å². The Kier molecular flexibility index (Phi) is 2.36. The number of allylic oxidation sites excluding steroid dienone is 2. The Labute approximate surface area is 88.1 Å². The van der Waals surface area contributed by atoms with E-state index in [9.17, 15) is 13.8 Å². The molecule has 15 heavy (non-hydrogen) atoms. The molecule has 0 spiro atoms. The van der Waals surface area contributed by atoms with Crippen molar-refractivity contribution in [2.75, 3.05) is 12.9 Å². The number of Topliss-reactive ketones (excluding diaryl/α,β-unsaturated/α-hetero) is 1. The largest absolute Gasteiger partial charge is 0.465 e. The van der Waals surface area contributed by atoms with Gasteiger partial charge in [-0.05, 0) is 11.6 Å². The summed E-state index contributed by atoms with van der Waals surface area (Å²) in [5.74, 6) is -0.965. The molecule has 2 aliphatic rings. The summed E-state index contributed by atoms with van der Waals surface area (Å²) >= 11 is 0. The van der Waals surface area contributed by atoms with Gasteiger partial charge in [0, 0.05) is 0 Å². The molecule has 1 heterocycles. The van der Waals surface area contributed by atoms with Gasteiger partial charge in [-0.2, -0.15) is 4.40 Å². The lowest BCUT2D eigenvalue weighted by Crippen LogP contribution is -2.25. The average Bonchev–Trinajstić information content (AvgIpc) is 2.59. The van der Waals surface area contributed by atoms with Gasteiger partial charge in [0.05, 0.1) is 12.9 Å². The summed E-state index contributed by atoms with van der Waals surface area (Å²) < 4.78 is 19.2. The minimum atomic E-state index is -1.38. The molecule has 1 aliphatic heterocycles. The van der Waals surface area contributed by atoms with E-state index in [0.29, 0.717) is 5.57 Å². The van der Waals surface area contributed by atoms with Crippen LogP contribution in [0.25, 0.3) is 0 Å². The molecule has 1 unspecified atom stereocenters. The molecule has 0 N–H and O–H groups in total. The molecular weight excluding hydrogens is 218 g/mol. The van der Waals surface area contributed by atoms with Crippen LogP contribution in [-0.2, 0) is 25.3 Å². The molecule has 1 atom stereocenters. The van der Waals surface area contributed by atoms with Gasteiger partial charge in [-0.1, -0.05) is 6.08 Å². The number of esters is 1. The number of methoxy groups -OCH3 is 1. The summed E-state index contributed by atoms with van der Waals surface area (Å²) in [5.41, 5.74) is 0.668. The summed E-state index contributed by atoms with van der Waals surface area (Å²) in [5, 5.41) is 0. The van der Waals surface area contributed by atoms with Gasteiger partial charge in [0.2, 0.25) is 5.78 Å². The summed E-state index contributed by atoms with van der Waals surface area (Å²) in [7, 11) is -0.181. The van der Waals surface area contributed by atoms with Crippen molar-refractivity contribution in [3.8, 4) is 0 Å². The molecule has 1 aliphatic carbocycles. The van der Waals surface area contributed by atoms with E-state index in [2.05, 4.69) is 9.13 Å². The second kappa shape index (κ2) is 3.54. The fraction of sp³-hybridized carbons (Fsp3) is 0.222. The lowest BCUT2D eigenvalue weighted by molar-refractivity contribution is -0.137. The van der Waals surface area contributed by atoms with E-state index in [1.807, 2.05) is 0 Å². The predicted molar refractivity (Wildman–Crippen MR) is 53.6 cm³/mol. The van der Waals surface area contributed by atoms with Crippen LogP contribution in [0.5, 0.6) is 0 Å². The van der Waals surface area contributed by atoms with Gasteiger partial charge >= 0.3 is 5.97 Å². The van der Waals surface area contributed by atoms with Crippen LogP contribution < -0.4 is 0 Å². The van der Waals surface area contributed by atoms with Crippen LogP contribution in [-0.4, -0.2) is 34.5 Å². The Morgan fingerprint density at radius 2 is 2.27 bits per heavy atom. The zero-order chi connectivity index (χ0) is 11.0. The number of rotatable bonds is 1. The third-order valence-corrected chi connectivity index (χ3v) is 3.04. The highest BCUT2D eigenvalue weighted by atomic mass is 32.2. The molecular formula is C9H7NO4S. The minimum absolute atomic E-state index is 0.0705. The predicted octanol–water partition coefficient (Wildman–Crippen LogP) is -0.287. The van der Waals surface area contributed by atoms with Gasteiger partial charge in [0.1, 0.15) is 22.3 Å². The van der Waals surface area contributed by atoms with Gasteiger partial charge in [-0.15, -0.1) is 0 Å². The molecule has 0 bridgehead atoms. The van der Waals surface area contributed by atoms with E-state index in [1.54, 1.807) is 6.08 Å². The third-order valence-electron chi connectivity index (χ3n) is 2.09. The van der Waals surface area contributed by atoms with Gasteiger partial charge < -0.3 is 4.74 Å². The van der Waals surface area contributed by atoms with Crippen LogP contribution in [0.3, 0.4) is 0 Å². The standard InChI is InChI=1S/C9H7NO4S/c1-14-9(12)6-3-2-5-4-15(13)10-7(5)8(6)11/h2-3H,4H2,1H3. The van der Waals surface area contributed by atoms with Gasteiger partial charge in [-0.25, -0.2) is 9.00 Å². The van der Waals surface area contributed by atoms with Gasteiger partial charge in [0.15, 0.2) is 0 Å². The number of hydrogen-bond acceptors (Lipinski definition) is 4. The highest BCUT2D eigenvalue weighted by molar-refractivity contribution is 7.84. The molecule has 0 saturated carbocycles. The van der Waals surface area contributed by atoms with Crippen molar-refractivity contribution >= 4 is 28.4 Å². The SMILES string of the molecule is COC(=O)C1=CC=C2CS(=O)N=C2C1=O. The Balaban J connectivity index is 2.42. The van der Waals surface area contributed by atoms with Crippen molar-refractivity contribution in [3.63, 3.8) is 0 Å². The molecule has 0 aromatic carbocycles. The second-order valence-corrected chi connectivity index (χ2v) is 4.11. The van der Waals surface area contributed by atoms with Crippen LogP contribution in [0.2, 0.25) is 0 Å². The molecule has 0 aromatic heterocycles. The maximum absolute atomic E-state index is 11.7. The first kappa shape index (κ1) is 9.97. The van der Waals surface area contributed by atoms with Crippen LogP contribution in [0.1, 0.15) is 0 Å². The van der Waals surface area contributed by atoms with Crippen molar-refractivity contribution in [2.45, 2.75) is 0 Å².